The number of fused-ring (bicyclic) bond motifs is 1. The number of nitrogens with zero attached hydrogens (tertiary/aromatic N) is 2. The lowest BCUT2D eigenvalue weighted by Crippen LogP contribution is -2.30. The number of benzene rings is 1. The van der Waals surface area contributed by atoms with Gasteiger partial charge < -0.3 is 9.29 Å². The highest BCUT2D eigenvalue weighted by atomic mass is 32.2. The molecular weight excluding hydrogens is 410 g/mol. The van der Waals surface area contributed by atoms with Gasteiger partial charge in [-0.25, -0.2) is 10.8 Å². The molecule has 0 bridgehead atoms. The molecule has 4 rings (SSSR count). The lowest BCUT2D eigenvalue weighted by Gasteiger charge is -2.17. The molecule has 9 heteroatoms. The minimum atomic E-state index is -0.170. The van der Waals surface area contributed by atoms with Crippen LogP contribution in [0.1, 0.15) is 11.3 Å². The van der Waals surface area contributed by atoms with Gasteiger partial charge in [-0.3, -0.25) is 10.2 Å². The molecule has 1 amide bonds. The van der Waals surface area contributed by atoms with Gasteiger partial charge >= 0.3 is 0 Å². The molecule has 0 atom stereocenters. The van der Waals surface area contributed by atoms with Crippen LogP contribution in [0.25, 0.3) is 21.6 Å². The van der Waals surface area contributed by atoms with Crippen molar-refractivity contribution in [3.63, 3.8) is 0 Å². The quantitative estimate of drug-likeness (QED) is 0.175. The summed E-state index contributed by atoms with van der Waals surface area (Å²) in [6.07, 6.45) is 2.82. The predicted molar refractivity (Wildman–Crippen MR) is 119 cm³/mol. The van der Waals surface area contributed by atoms with Gasteiger partial charge in [-0.05, 0) is 41.9 Å². The Hall–Kier alpha value is -2.33. The number of amides is 1. The van der Waals surface area contributed by atoms with E-state index in [4.69, 9.17) is 5.84 Å². The largest absolute Gasteiger partial charge is 0.351 e. The number of aryl methyl sites for hydroxylation is 1. The van der Waals surface area contributed by atoms with Gasteiger partial charge in [-0.15, -0.1) is 22.7 Å². The number of thiazole rings is 1. The van der Waals surface area contributed by atoms with Crippen LogP contribution in [-0.2, 0) is 11.2 Å². The zero-order chi connectivity index (χ0) is 19.5. The normalized spacial score (nSPS) is 11.1. The summed E-state index contributed by atoms with van der Waals surface area (Å²) in [5, 5.41) is 4.14. The van der Waals surface area contributed by atoms with Crippen LogP contribution in [-0.4, -0.2) is 22.9 Å². The Morgan fingerprint density at radius 3 is 3.04 bits per heavy atom. The highest BCUT2D eigenvalue weighted by molar-refractivity contribution is 8.02. The van der Waals surface area contributed by atoms with Crippen LogP contribution in [0, 0.1) is 0 Å². The number of nitrogens with two attached hydrogens (primary N) is 1. The van der Waals surface area contributed by atoms with Gasteiger partial charge in [-0.2, -0.15) is 0 Å². The van der Waals surface area contributed by atoms with E-state index in [1.165, 1.54) is 4.21 Å². The highest BCUT2D eigenvalue weighted by Gasteiger charge is 2.14. The van der Waals surface area contributed by atoms with Crippen LogP contribution < -0.4 is 15.6 Å². The highest BCUT2D eigenvalue weighted by Crippen LogP contribution is 2.36. The molecule has 0 saturated carbocycles. The van der Waals surface area contributed by atoms with Crippen molar-refractivity contribution in [3.05, 3.63) is 52.9 Å². The van der Waals surface area contributed by atoms with Gasteiger partial charge in [0.15, 0.2) is 0 Å². The second-order valence-electron chi connectivity index (χ2n) is 6.14. The number of anilines is 1. The molecule has 3 aromatic heterocycles. The average molecular weight is 430 g/mol. The number of hydrogen-bond acceptors (Lipinski definition) is 7. The van der Waals surface area contributed by atoms with E-state index in [9.17, 15) is 4.79 Å². The van der Waals surface area contributed by atoms with E-state index < -0.39 is 0 Å². The van der Waals surface area contributed by atoms with Gasteiger partial charge in [0.25, 0.3) is 0 Å². The molecule has 0 aliphatic rings. The van der Waals surface area contributed by atoms with E-state index >= 15 is 0 Å². The van der Waals surface area contributed by atoms with Gasteiger partial charge in [0.1, 0.15) is 5.01 Å². The van der Waals surface area contributed by atoms with Crippen LogP contribution in [0.3, 0.4) is 0 Å². The SMILES string of the molecule is CN(Sc1cccs1)c1cccc2cc(-c3ncc(CCC(=O)NN)s3)[nH]c12. The van der Waals surface area contributed by atoms with Crippen molar-refractivity contribution in [1.82, 2.24) is 15.4 Å². The molecular formula is C19H19N5OS3. The van der Waals surface area contributed by atoms with Gasteiger partial charge in [0, 0.05) is 29.9 Å². The maximum absolute atomic E-state index is 11.3. The molecule has 6 nitrogen and oxygen atoms in total. The number of carbonyl (C=O) groups is 1. The minimum Gasteiger partial charge on any atom is -0.351 e. The smallest absolute Gasteiger partial charge is 0.234 e. The Balaban J connectivity index is 1.58. The number of hydrogen-bond donors (Lipinski definition) is 3. The maximum Gasteiger partial charge on any atom is 0.234 e. The first-order chi connectivity index (χ1) is 13.6. The van der Waals surface area contributed by atoms with Crippen molar-refractivity contribution in [3.8, 4) is 10.7 Å². The number of carbonyl (C=O) groups excluding carboxylic acids is 1. The molecule has 0 saturated heterocycles. The molecule has 144 valence electrons. The number of nitrogens with one attached hydrogen (secondary N) is 2. The molecule has 4 N–H and O–H groups in total. The third-order valence-electron chi connectivity index (χ3n) is 4.24. The Labute approximate surface area is 174 Å². The van der Waals surface area contributed by atoms with Crippen LogP contribution in [0.15, 0.2) is 52.2 Å². The Morgan fingerprint density at radius 1 is 1.36 bits per heavy atom. The topological polar surface area (TPSA) is 87.0 Å². The first kappa shape index (κ1) is 19.0. The maximum atomic E-state index is 11.3. The Morgan fingerprint density at radius 2 is 2.25 bits per heavy atom. The zero-order valence-corrected chi connectivity index (χ0v) is 17.6. The van der Waals surface area contributed by atoms with Crippen LogP contribution in [0.4, 0.5) is 5.69 Å². The molecule has 0 radical (unpaired) electrons. The first-order valence-electron chi connectivity index (χ1n) is 8.65. The summed E-state index contributed by atoms with van der Waals surface area (Å²) < 4.78 is 3.42. The van der Waals surface area contributed by atoms with Crippen molar-refractivity contribution >= 4 is 57.1 Å². The van der Waals surface area contributed by atoms with Gasteiger partial charge in [0.2, 0.25) is 5.91 Å². The molecule has 4 aromatic rings. The average Bonchev–Trinajstić information content (AvgIpc) is 3.45. The number of hydrazine groups is 1. The third-order valence-corrected chi connectivity index (χ3v) is 7.29. The molecule has 0 unspecified atom stereocenters. The molecule has 0 aliphatic carbocycles. The molecule has 0 spiro atoms. The molecule has 3 heterocycles. The number of rotatable bonds is 7. The van der Waals surface area contributed by atoms with Crippen molar-refractivity contribution in [2.24, 2.45) is 5.84 Å². The number of para-hydroxylation sites is 1. The monoisotopic (exact) mass is 429 g/mol. The zero-order valence-electron chi connectivity index (χ0n) is 15.1. The fourth-order valence-electron chi connectivity index (χ4n) is 2.87. The predicted octanol–water partition coefficient (Wildman–Crippen LogP) is 4.42. The second kappa shape index (κ2) is 8.36. The van der Waals surface area contributed by atoms with Crippen LogP contribution in [0.5, 0.6) is 0 Å². The Kier molecular flexibility index (Phi) is 5.67. The standard InChI is InChI=1S/C19H19N5OS3/c1-24(28-17-6-3-9-26-17)15-5-2-4-12-10-14(22-18(12)15)19-21-11-13(27-19)7-8-16(25)23-20/h2-6,9-11,22H,7-8,20H2,1H3,(H,23,25). The second-order valence-corrected chi connectivity index (χ2v) is 9.64. The molecule has 1 aromatic carbocycles. The summed E-state index contributed by atoms with van der Waals surface area (Å²) in [7, 11) is 2.07. The van der Waals surface area contributed by atoms with Crippen molar-refractivity contribution in [2.45, 2.75) is 17.1 Å². The molecule has 0 fully saturated rings. The summed E-state index contributed by atoms with van der Waals surface area (Å²) in [6, 6.07) is 12.6. The fourth-order valence-corrected chi connectivity index (χ4v) is 5.54. The number of H-pyrrole nitrogens is 1. The number of thiophene rings is 1. The first-order valence-corrected chi connectivity index (χ1v) is 11.1. The summed E-state index contributed by atoms with van der Waals surface area (Å²) in [5.74, 6) is 4.96. The summed E-state index contributed by atoms with van der Waals surface area (Å²) in [4.78, 5) is 20.4. The lowest BCUT2D eigenvalue weighted by atomic mass is 10.2. The molecule has 0 aliphatic heterocycles. The van der Waals surface area contributed by atoms with Crippen LogP contribution >= 0.6 is 34.6 Å². The van der Waals surface area contributed by atoms with E-state index in [1.54, 1.807) is 34.6 Å². The minimum absolute atomic E-state index is 0.170. The fraction of sp³-hybridized carbons (Fsp3) is 0.158. The van der Waals surface area contributed by atoms with E-state index in [0.29, 0.717) is 12.8 Å². The summed E-state index contributed by atoms with van der Waals surface area (Å²) in [5.41, 5.74) is 5.35. The van der Waals surface area contributed by atoms with E-state index in [0.717, 1.165) is 32.2 Å². The third kappa shape index (κ3) is 4.07. The Bertz CT molecular complexity index is 1090. The van der Waals surface area contributed by atoms with Gasteiger partial charge in [-0.1, -0.05) is 18.2 Å². The van der Waals surface area contributed by atoms with E-state index in [-0.39, 0.29) is 5.91 Å². The van der Waals surface area contributed by atoms with Crippen molar-refractivity contribution < 1.29 is 4.79 Å². The summed E-state index contributed by atoms with van der Waals surface area (Å²) >= 11 is 5.03. The lowest BCUT2D eigenvalue weighted by molar-refractivity contribution is -0.121. The number of aromatic amines is 1. The van der Waals surface area contributed by atoms with Crippen molar-refractivity contribution in [2.75, 3.05) is 11.4 Å². The van der Waals surface area contributed by atoms with Crippen LogP contribution in [0.2, 0.25) is 0 Å². The molecule has 28 heavy (non-hydrogen) atoms. The van der Waals surface area contributed by atoms with Gasteiger partial charge in [0.05, 0.1) is 21.1 Å². The number of aromatic nitrogens is 2. The van der Waals surface area contributed by atoms with Crippen molar-refractivity contribution in [1.29, 1.82) is 0 Å². The van der Waals surface area contributed by atoms with E-state index in [2.05, 4.69) is 68.5 Å². The summed E-state index contributed by atoms with van der Waals surface area (Å²) in [6.45, 7) is 0. The van der Waals surface area contributed by atoms with E-state index in [1.807, 2.05) is 6.20 Å².